The van der Waals surface area contributed by atoms with Crippen LogP contribution in [0.25, 0.3) is 22.0 Å². The van der Waals surface area contributed by atoms with Crippen molar-refractivity contribution >= 4 is 22.8 Å². The number of carboxylic acids is 1. The van der Waals surface area contributed by atoms with E-state index in [-0.39, 0.29) is 31.1 Å². The number of amides is 1. The topological polar surface area (TPSA) is 95.5 Å². The second-order valence-electron chi connectivity index (χ2n) is 8.62. The molecule has 0 saturated carbocycles. The van der Waals surface area contributed by atoms with Gasteiger partial charge in [-0.2, -0.15) is 5.10 Å². The number of nitrogens with zero attached hydrogens (tertiary/aromatic N) is 2. The van der Waals surface area contributed by atoms with E-state index in [0.717, 1.165) is 16.5 Å². The number of carbonyl (C=O) groups excluding carboxylic acids is 1. The molecule has 0 spiro atoms. The van der Waals surface area contributed by atoms with Crippen LogP contribution in [0.15, 0.2) is 54.6 Å². The summed E-state index contributed by atoms with van der Waals surface area (Å²) in [5.74, 6) is -0.784. The highest BCUT2D eigenvalue weighted by Gasteiger charge is 2.27. The van der Waals surface area contributed by atoms with Gasteiger partial charge in [0.25, 0.3) is 0 Å². The first kappa shape index (κ1) is 22.6. The maximum absolute atomic E-state index is 14.8. The third-order valence-electron chi connectivity index (χ3n) is 6.48. The van der Waals surface area contributed by atoms with Gasteiger partial charge in [0, 0.05) is 24.0 Å². The molecule has 0 atom stereocenters. The minimum Gasteiger partial charge on any atom is -0.496 e. The third-order valence-corrected chi connectivity index (χ3v) is 6.48. The number of hydrogen-bond acceptors (Lipinski definition) is 4. The van der Waals surface area contributed by atoms with Crippen LogP contribution in [0.2, 0.25) is 0 Å². The van der Waals surface area contributed by atoms with Crippen LogP contribution in [0.1, 0.15) is 22.4 Å². The fourth-order valence-corrected chi connectivity index (χ4v) is 4.76. The van der Waals surface area contributed by atoms with Crippen molar-refractivity contribution in [3.8, 4) is 16.9 Å². The van der Waals surface area contributed by atoms with Gasteiger partial charge >= 0.3 is 5.97 Å². The molecule has 4 aromatic rings. The van der Waals surface area contributed by atoms with Crippen LogP contribution in [0.3, 0.4) is 0 Å². The van der Waals surface area contributed by atoms with E-state index in [0.29, 0.717) is 46.7 Å². The summed E-state index contributed by atoms with van der Waals surface area (Å²) in [7, 11) is 1.54. The smallest absolute Gasteiger partial charge is 0.307 e. The van der Waals surface area contributed by atoms with E-state index in [4.69, 9.17) is 4.74 Å². The molecule has 1 aliphatic rings. The van der Waals surface area contributed by atoms with E-state index in [1.54, 1.807) is 29.2 Å². The van der Waals surface area contributed by atoms with Gasteiger partial charge < -0.3 is 14.7 Å². The number of carbonyl (C=O) groups is 2. The second kappa shape index (κ2) is 9.21. The molecular weight excluding hydrogens is 449 g/mol. The fraction of sp³-hybridized carbons (Fsp3) is 0.222. The van der Waals surface area contributed by atoms with Crippen molar-refractivity contribution in [3.05, 3.63) is 82.8 Å². The zero-order valence-corrected chi connectivity index (χ0v) is 19.2. The highest BCUT2D eigenvalue weighted by molar-refractivity contribution is 5.87. The Morgan fingerprint density at radius 1 is 1.09 bits per heavy atom. The molecule has 0 radical (unpaired) electrons. The van der Waals surface area contributed by atoms with Crippen LogP contribution in [0.5, 0.6) is 5.75 Å². The lowest BCUT2D eigenvalue weighted by Gasteiger charge is -2.31. The van der Waals surface area contributed by atoms with Crippen LogP contribution in [0, 0.1) is 5.82 Å². The molecule has 1 aromatic heterocycles. The van der Waals surface area contributed by atoms with Crippen LogP contribution in [-0.2, 0) is 35.4 Å². The molecule has 0 saturated heterocycles. The Morgan fingerprint density at radius 2 is 1.91 bits per heavy atom. The van der Waals surface area contributed by atoms with Gasteiger partial charge in [0.1, 0.15) is 11.6 Å². The number of H-pyrrole nitrogens is 1. The Morgan fingerprint density at radius 3 is 2.71 bits per heavy atom. The van der Waals surface area contributed by atoms with E-state index in [1.165, 1.54) is 13.2 Å². The molecule has 1 amide bonds. The van der Waals surface area contributed by atoms with Crippen molar-refractivity contribution in [2.45, 2.75) is 25.8 Å². The van der Waals surface area contributed by atoms with Crippen LogP contribution < -0.4 is 4.74 Å². The quantitative estimate of drug-likeness (QED) is 0.439. The highest BCUT2D eigenvalue weighted by Crippen LogP contribution is 2.38. The van der Waals surface area contributed by atoms with Crippen molar-refractivity contribution in [3.63, 3.8) is 0 Å². The number of ether oxygens (including phenoxy) is 1. The number of hydrogen-bond donors (Lipinski definition) is 2. The number of carboxylic acid groups (broad SMARTS) is 1. The lowest BCUT2D eigenvalue weighted by Crippen LogP contribution is -2.37. The fourth-order valence-electron chi connectivity index (χ4n) is 4.76. The summed E-state index contributed by atoms with van der Waals surface area (Å²) in [4.78, 5) is 26.2. The molecule has 7 nitrogen and oxygen atoms in total. The highest BCUT2D eigenvalue weighted by atomic mass is 19.1. The van der Waals surface area contributed by atoms with Crippen molar-refractivity contribution < 1.29 is 23.8 Å². The number of methoxy groups -OCH3 is 1. The van der Waals surface area contributed by atoms with Gasteiger partial charge in [0.05, 0.1) is 31.2 Å². The number of halogens is 1. The monoisotopic (exact) mass is 473 g/mol. The summed E-state index contributed by atoms with van der Waals surface area (Å²) in [6.45, 7) is 0.653. The average molecular weight is 474 g/mol. The lowest BCUT2D eigenvalue weighted by molar-refractivity contribution is -0.136. The first-order chi connectivity index (χ1) is 16.9. The first-order valence-electron chi connectivity index (χ1n) is 11.3. The van der Waals surface area contributed by atoms with Crippen molar-refractivity contribution in [1.29, 1.82) is 0 Å². The van der Waals surface area contributed by atoms with Crippen molar-refractivity contribution in [1.82, 2.24) is 15.1 Å². The van der Waals surface area contributed by atoms with E-state index < -0.39 is 5.97 Å². The van der Waals surface area contributed by atoms with E-state index >= 15 is 0 Å². The maximum Gasteiger partial charge on any atom is 0.307 e. The molecule has 35 heavy (non-hydrogen) atoms. The maximum atomic E-state index is 14.8. The molecule has 2 heterocycles. The number of aromatic nitrogens is 2. The number of rotatable bonds is 6. The summed E-state index contributed by atoms with van der Waals surface area (Å²) in [6.07, 6.45) is 0.392. The van der Waals surface area contributed by atoms with Crippen LogP contribution in [0.4, 0.5) is 4.39 Å². The zero-order valence-electron chi connectivity index (χ0n) is 19.2. The average Bonchev–Trinajstić information content (AvgIpc) is 3.26. The standard InChI is InChI=1S/C27H24FN3O4/c1-35-25-9-6-16(13-27(33)34)12-20(25)17-7-8-22(28)18-10-11-31(15-21(17)18)26(32)14-24-19-4-2-3-5-23(19)29-30-24/h2-9,12H,10-11,13-15H2,1H3,(H,29,30)(H,33,34). The van der Waals surface area contributed by atoms with Gasteiger partial charge in [-0.3, -0.25) is 14.7 Å². The SMILES string of the molecule is COc1ccc(CC(=O)O)cc1-c1ccc(F)c2c1CN(C(=O)Cc1n[nH]c3ccccc13)CC2. The molecule has 0 fully saturated rings. The number of benzene rings is 3. The largest absolute Gasteiger partial charge is 0.496 e. The summed E-state index contributed by atoms with van der Waals surface area (Å²) >= 11 is 0. The molecule has 0 unspecified atom stereocenters. The van der Waals surface area contributed by atoms with Crippen LogP contribution >= 0.6 is 0 Å². The van der Waals surface area contributed by atoms with Crippen LogP contribution in [-0.4, -0.2) is 45.7 Å². The van der Waals surface area contributed by atoms with Gasteiger partial charge in [0.2, 0.25) is 5.91 Å². The van der Waals surface area contributed by atoms with Gasteiger partial charge in [-0.15, -0.1) is 0 Å². The van der Waals surface area contributed by atoms with Gasteiger partial charge in [-0.05, 0) is 52.9 Å². The Labute approximate surface area is 201 Å². The molecule has 1 aliphatic heterocycles. The van der Waals surface area contributed by atoms with Gasteiger partial charge in [0.15, 0.2) is 0 Å². The minimum atomic E-state index is -0.940. The molecular formula is C27H24FN3O4. The first-order valence-corrected chi connectivity index (χ1v) is 11.3. The third kappa shape index (κ3) is 4.35. The molecule has 5 rings (SSSR count). The Balaban J connectivity index is 1.48. The van der Waals surface area contributed by atoms with Gasteiger partial charge in [-0.25, -0.2) is 4.39 Å². The predicted molar refractivity (Wildman–Crippen MR) is 129 cm³/mol. The zero-order chi connectivity index (χ0) is 24.5. The molecule has 2 N–H and O–H groups in total. The normalized spacial score (nSPS) is 13.0. The summed E-state index contributed by atoms with van der Waals surface area (Å²) in [5.41, 5.74) is 4.85. The number of aliphatic carboxylic acids is 1. The summed E-state index contributed by atoms with van der Waals surface area (Å²) in [6, 6.07) is 15.9. The molecule has 178 valence electrons. The lowest BCUT2D eigenvalue weighted by atomic mass is 9.89. The van der Waals surface area contributed by atoms with Crippen molar-refractivity contribution in [2.75, 3.05) is 13.7 Å². The Kier molecular flexibility index (Phi) is 5.94. The Bertz CT molecular complexity index is 1450. The summed E-state index contributed by atoms with van der Waals surface area (Å²) in [5, 5.41) is 17.4. The van der Waals surface area contributed by atoms with Crippen molar-refractivity contribution in [2.24, 2.45) is 0 Å². The molecule has 3 aromatic carbocycles. The van der Waals surface area contributed by atoms with Gasteiger partial charge in [-0.1, -0.05) is 30.3 Å². The summed E-state index contributed by atoms with van der Waals surface area (Å²) < 4.78 is 20.3. The molecule has 0 aliphatic carbocycles. The van der Waals surface area contributed by atoms with E-state index in [9.17, 15) is 19.1 Å². The van der Waals surface area contributed by atoms with E-state index in [1.807, 2.05) is 24.3 Å². The number of fused-ring (bicyclic) bond motifs is 2. The van der Waals surface area contributed by atoms with E-state index in [2.05, 4.69) is 10.2 Å². The molecule has 0 bridgehead atoms. The number of nitrogens with one attached hydrogen (secondary N) is 1. The predicted octanol–water partition coefficient (Wildman–Crippen LogP) is 4.13. The number of para-hydroxylation sites is 1. The number of aromatic amines is 1. The minimum absolute atomic E-state index is 0.0882. The second-order valence-corrected chi connectivity index (χ2v) is 8.62. The molecule has 8 heteroatoms. The Hall–Kier alpha value is -4.20.